The second-order valence-electron chi connectivity index (χ2n) is 19.3. The molecule has 2 heterocycles. The molecule has 0 aliphatic carbocycles. The number of anilines is 9. The molecule has 12 aromatic carbocycles. The van der Waals surface area contributed by atoms with Crippen LogP contribution in [0.25, 0.3) is 55.6 Å². The summed E-state index contributed by atoms with van der Waals surface area (Å²) in [5.41, 5.74) is 21.2. The molecule has 2 aliphatic rings. The number of fused-ring (bicyclic) bond motifs is 4. The summed E-state index contributed by atoms with van der Waals surface area (Å²) in [5, 5.41) is 0. The lowest BCUT2D eigenvalue weighted by atomic mass is 9.99. The number of rotatable bonds is 10. The van der Waals surface area contributed by atoms with Crippen LogP contribution >= 0.6 is 0 Å². The van der Waals surface area contributed by atoms with Gasteiger partial charge >= 0.3 is 0 Å². The van der Waals surface area contributed by atoms with Gasteiger partial charge in [0.15, 0.2) is 23.0 Å². The van der Waals surface area contributed by atoms with Gasteiger partial charge in [-0.15, -0.1) is 0 Å². The Bertz CT molecular complexity index is 3730. The van der Waals surface area contributed by atoms with Crippen molar-refractivity contribution in [2.45, 2.75) is 0 Å². The number of benzene rings is 12. The molecule has 0 amide bonds. The fourth-order valence-electron chi connectivity index (χ4n) is 10.8. The Morgan fingerprint density at radius 2 is 0.403 bits per heavy atom. The van der Waals surface area contributed by atoms with Gasteiger partial charge in [-0.3, -0.25) is 0 Å². The van der Waals surface area contributed by atoms with Gasteiger partial charge in [0, 0.05) is 28.4 Å². The van der Waals surface area contributed by atoms with Crippen LogP contribution in [-0.2, 0) is 0 Å². The Morgan fingerprint density at radius 3 is 0.675 bits per heavy atom. The molecule has 0 bridgehead atoms. The van der Waals surface area contributed by atoms with Gasteiger partial charge in [0.05, 0.1) is 22.7 Å². The molecule has 364 valence electrons. The van der Waals surface area contributed by atoms with E-state index in [4.69, 9.17) is 9.47 Å². The van der Waals surface area contributed by atoms with Gasteiger partial charge in [-0.1, -0.05) is 188 Å². The summed E-state index contributed by atoms with van der Waals surface area (Å²) >= 11 is 0. The minimum atomic E-state index is 0.847. The Hall–Kier alpha value is -10.4. The predicted octanol–water partition coefficient (Wildman–Crippen LogP) is 20.6. The first kappa shape index (κ1) is 45.3. The standard InChI is InChI=1S/C72H49N3O2/c1-2-12-50(13-3-1)55-30-40-60(41-31-55)73(61-42-32-56(33-43-61)51-22-26-53(27-23-51)58-36-46-63(47-37-58)74-65-14-4-8-18-69(65)76-70-19-9-5-15-66(70)74)62-44-34-57(35-45-62)52-24-28-54(29-25-52)59-38-48-64(49-39-59)75-67-16-6-10-20-71(67)77-72-21-11-7-17-68(72)75/h1-49H. The highest BCUT2D eigenvalue weighted by atomic mass is 16.5. The molecule has 0 N–H and O–H groups in total. The van der Waals surface area contributed by atoms with Gasteiger partial charge < -0.3 is 24.2 Å². The molecule has 77 heavy (non-hydrogen) atoms. The minimum Gasteiger partial charge on any atom is -0.453 e. The number of hydrogen-bond donors (Lipinski definition) is 0. The molecule has 5 nitrogen and oxygen atoms in total. The quantitative estimate of drug-likeness (QED) is 0.136. The Labute approximate surface area is 449 Å². The lowest BCUT2D eigenvalue weighted by Crippen LogP contribution is -2.15. The van der Waals surface area contributed by atoms with Gasteiger partial charge in [-0.05, 0) is 165 Å². The molecule has 12 aromatic rings. The van der Waals surface area contributed by atoms with Crippen molar-refractivity contribution in [3.8, 4) is 78.6 Å². The van der Waals surface area contributed by atoms with Gasteiger partial charge in [-0.25, -0.2) is 0 Å². The molecule has 0 fully saturated rings. The van der Waals surface area contributed by atoms with E-state index in [1.54, 1.807) is 0 Å². The Kier molecular flexibility index (Phi) is 11.5. The normalized spacial score (nSPS) is 12.1. The van der Waals surface area contributed by atoms with Crippen LogP contribution in [0.1, 0.15) is 0 Å². The number of nitrogens with zero attached hydrogens (tertiary/aromatic N) is 3. The van der Waals surface area contributed by atoms with E-state index in [0.717, 1.165) is 119 Å². The monoisotopic (exact) mass is 987 g/mol. The highest BCUT2D eigenvalue weighted by Crippen LogP contribution is 2.52. The zero-order chi connectivity index (χ0) is 51.1. The van der Waals surface area contributed by atoms with Crippen LogP contribution in [0.15, 0.2) is 297 Å². The molecule has 0 spiro atoms. The van der Waals surface area contributed by atoms with E-state index < -0.39 is 0 Å². The van der Waals surface area contributed by atoms with Crippen LogP contribution in [-0.4, -0.2) is 0 Å². The molecule has 0 radical (unpaired) electrons. The number of para-hydroxylation sites is 8. The summed E-state index contributed by atoms with van der Waals surface area (Å²) in [5.74, 6) is 3.39. The van der Waals surface area contributed by atoms with Crippen LogP contribution in [0.4, 0.5) is 51.2 Å². The molecule has 0 unspecified atom stereocenters. The van der Waals surface area contributed by atoms with E-state index in [1.807, 2.05) is 48.5 Å². The predicted molar refractivity (Wildman–Crippen MR) is 318 cm³/mol. The third kappa shape index (κ3) is 8.62. The maximum atomic E-state index is 6.25. The SMILES string of the molecule is c1ccc(-c2ccc(N(c3ccc(-c4ccc(-c5ccc(N6c7ccccc7Oc7ccccc76)cc5)cc4)cc3)c3ccc(-c4ccc(-c5ccc(N6c7ccccc7Oc7ccccc76)cc5)cc4)cc3)cc2)cc1. The zero-order valence-corrected chi connectivity index (χ0v) is 41.9. The van der Waals surface area contributed by atoms with E-state index in [1.165, 1.54) is 11.1 Å². The van der Waals surface area contributed by atoms with Crippen LogP contribution < -0.4 is 24.2 Å². The number of ether oxygens (including phenoxy) is 2. The fourth-order valence-corrected chi connectivity index (χ4v) is 10.8. The van der Waals surface area contributed by atoms with Gasteiger partial charge in [0.1, 0.15) is 0 Å². The minimum absolute atomic E-state index is 0.847. The average Bonchev–Trinajstić information content (AvgIpc) is 3.51. The van der Waals surface area contributed by atoms with Crippen molar-refractivity contribution < 1.29 is 9.47 Å². The van der Waals surface area contributed by atoms with Gasteiger partial charge in [0.25, 0.3) is 0 Å². The second kappa shape index (κ2) is 19.5. The van der Waals surface area contributed by atoms with Crippen molar-refractivity contribution in [2.24, 2.45) is 0 Å². The number of hydrogen-bond acceptors (Lipinski definition) is 5. The lowest BCUT2D eigenvalue weighted by molar-refractivity contribution is 0.477. The molecule has 0 saturated carbocycles. The molecule has 0 atom stereocenters. The maximum absolute atomic E-state index is 6.25. The highest BCUT2D eigenvalue weighted by molar-refractivity contribution is 5.89. The van der Waals surface area contributed by atoms with Crippen molar-refractivity contribution in [3.05, 3.63) is 297 Å². The van der Waals surface area contributed by atoms with Crippen molar-refractivity contribution >= 4 is 51.2 Å². The first-order valence-electron chi connectivity index (χ1n) is 26.0. The third-order valence-corrected chi connectivity index (χ3v) is 14.7. The van der Waals surface area contributed by atoms with E-state index >= 15 is 0 Å². The summed E-state index contributed by atoms with van der Waals surface area (Å²) in [6.45, 7) is 0. The molecule has 5 heteroatoms. The van der Waals surface area contributed by atoms with Crippen LogP contribution in [0, 0.1) is 0 Å². The Balaban J connectivity index is 0.706. The van der Waals surface area contributed by atoms with Crippen LogP contribution in [0.3, 0.4) is 0 Å². The maximum Gasteiger partial charge on any atom is 0.151 e. The molecular weight excluding hydrogens is 939 g/mol. The summed E-state index contributed by atoms with van der Waals surface area (Å²) < 4.78 is 12.5. The fraction of sp³-hybridized carbons (Fsp3) is 0. The first-order chi connectivity index (χ1) is 38.1. The molecule has 2 aliphatic heterocycles. The van der Waals surface area contributed by atoms with Gasteiger partial charge in [-0.2, -0.15) is 0 Å². The van der Waals surface area contributed by atoms with Gasteiger partial charge in [0.2, 0.25) is 0 Å². The zero-order valence-electron chi connectivity index (χ0n) is 41.9. The van der Waals surface area contributed by atoms with Crippen molar-refractivity contribution in [2.75, 3.05) is 14.7 Å². The summed E-state index contributed by atoms with van der Waals surface area (Å²) in [4.78, 5) is 6.88. The highest BCUT2D eigenvalue weighted by Gasteiger charge is 2.27. The second-order valence-corrected chi connectivity index (χ2v) is 19.3. The summed E-state index contributed by atoms with van der Waals surface area (Å²) in [6, 6.07) is 105. The van der Waals surface area contributed by atoms with E-state index in [2.05, 4.69) is 263 Å². The van der Waals surface area contributed by atoms with Crippen molar-refractivity contribution in [1.82, 2.24) is 0 Å². The summed E-state index contributed by atoms with van der Waals surface area (Å²) in [7, 11) is 0. The topological polar surface area (TPSA) is 28.2 Å². The molecule has 0 aromatic heterocycles. The summed E-state index contributed by atoms with van der Waals surface area (Å²) in [6.07, 6.45) is 0. The molecule has 0 saturated heterocycles. The third-order valence-electron chi connectivity index (χ3n) is 14.7. The van der Waals surface area contributed by atoms with Crippen LogP contribution in [0.5, 0.6) is 23.0 Å². The van der Waals surface area contributed by atoms with E-state index in [0.29, 0.717) is 0 Å². The smallest absolute Gasteiger partial charge is 0.151 e. The van der Waals surface area contributed by atoms with Crippen molar-refractivity contribution in [1.29, 1.82) is 0 Å². The van der Waals surface area contributed by atoms with E-state index in [9.17, 15) is 0 Å². The Morgan fingerprint density at radius 1 is 0.195 bits per heavy atom. The van der Waals surface area contributed by atoms with Crippen LogP contribution in [0.2, 0.25) is 0 Å². The largest absolute Gasteiger partial charge is 0.453 e. The average molecular weight is 988 g/mol. The lowest BCUT2D eigenvalue weighted by Gasteiger charge is -2.32. The molecular formula is C72H49N3O2. The van der Waals surface area contributed by atoms with Crippen molar-refractivity contribution in [3.63, 3.8) is 0 Å². The molecule has 14 rings (SSSR count). The first-order valence-corrected chi connectivity index (χ1v) is 26.0. The van der Waals surface area contributed by atoms with E-state index in [-0.39, 0.29) is 0 Å².